The molecule has 0 aliphatic carbocycles. The van der Waals surface area contributed by atoms with Crippen molar-refractivity contribution in [1.29, 1.82) is 0 Å². The summed E-state index contributed by atoms with van der Waals surface area (Å²) in [6, 6.07) is 11.9. The molecule has 0 saturated heterocycles. The predicted molar refractivity (Wildman–Crippen MR) is 109 cm³/mol. The molecule has 0 aliphatic rings. The third-order valence-electron chi connectivity index (χ3n) is 4.85. The van der Waals surface area contributed by atoms with Crippen LogP contribution in [0.2, 0.25) is 0 Å². The lowest BCUT2D eigenvalue weighted by atomic mass is 10.1. The van der Waals surface area contributed by atoms with Crippen LogP contribution in [-0.2, 0) is 17.8 Å². The number of fused-ring (bicyclic) bond motifs is 1. The average molecular weight is 382 g/mol. The van der Waals surface area contributed by atoms with Crippen molar-refractivity contribution in [3.05, 3.63) is 53.7 Å². The number of aromatic nitrogens is 1. The van der Waals surface area contributed by atoms with Gasteiger partial charge in [0.15, 0.2) is 11.5 Å². The van der Waals surface area contributed by atoms with E-state index in [0.29, 0.717) is 30.3 Å². The van der Waals surface area contributed by atoms with Gasteiger partial charge < -0.3 is 24.1 Å². The molecule has 0 bridgehead atoms. The lowest BCUT2D eigenvalue weighted by Crippen LogP contribution is -2.31. The van der Waals surface area contributed by atoms with Gasteiger partial charge in [-0.2, -0.15) is 0 Å². The molecule has 148 valence electrons. The summed E-state index contributed by atoms with van der Waals surface area (Å²) in [5.74, 6) is 1.71. The number of benzene rings is 2. The largest absolute Gasteiger partial charge is 0.493 e. The van der Waals surface area contributed by atoms with Crippen LogP contribution in [0.3, 0.4) is 0 Å². The van der Waals surface area contributed by atoms with Gasteiger partial charge in [0.2, 0.25) is 11.7 Å². The lowest BCUT2D eigenvalue weighted by molar-refractivity contribution is -0.130. The van der Waals surface area contributed by atoms with E-state index in [1.54, 1.807) is 21.3 Å². The van der Waals surface area contributed by atoms with Crippen LogP contribution in [0.1, 0.15) is 18.1 Å². The maximum atomic E-state index is 13.0. The van der Waals surface area contributed by atoms with Gasteiger partial charge in [-0.3, -0.25) is 4.79 Å². The molecule has 0 unspecified atom stereocenters. The highest BCUT2D eigenvalue weighted by Crippen LogP contribution is 2.44. The molecular weight excluding hydrogens is 356 g/mol. The molecule has 1 N–H and O–H groups in total. The number of carbonyl (C=O) groups excluding carboxylic acids is 1. The molecule has 6 nitrogen and oxygen atoms in total. The summed E-state index contributed by atoms with van der Waals surface area (Å²) in [5, 5.41) is 0.837. The number of likely N-dealkylation sites (N-methyl/N-ethyl adjacent to an activating group) is 1. The smallest absolute Gasteiger partial charge is 0.227 e. The first-order valence-electron chi connectivity index (χ1n) is 9.23. The van der Waals surface area contributed by atoms with Crippen LogP contribution in [0, 0.1) is 0 Å². The highest BCUT2D eigenvalue weighted by molar-refractivity contribution is 5.96. The summed E-state index contributed by atoms with van der Waals surface area (Å²) >= 11 is 0. The molecule has 28 heavy (non-hydrogen) atoms. The van der Waals surface area contributed by atoms with E-state index in [1.807, 2.05) is 54.4 Å². The van der Waals surface area contributed by atoms with Crippen molar-refractivity contribution in [3.8, 4) is 17.2 Å². The Labute approximate surface area is 165 Å². The third kappa shape index (κ3) is 3.76. The molecule has 1 heterocycles. The number of ether oxygens (including phenoxy) is 3. The molecule has 0 fully saturated rings. The zero-order valence-corrected chi connectivity index (χ0v) is 16.7. The van der Waals surface area contributed by atoms with Crippen molar-refractivity contribution in [3.63, 3.8) is 0 Å². The maximum absolute atomic E-state index is 13.0. The number of hydrogen-bond donors (Lipinski definition) is 1. The van der Waals surface area contributed by atoms with Gasteiger partial charge in [-0.15, -0.1) is 0 Å². The minimum absolute atomic E-state index is 0.0593. The molecule has 3 aromatic rings. The average Bonchev–Trinajstić information content (AvgIpc) is 3.13. The second-order valence-corrected chi connectivity index (χ2v) is 6.45. The van der Waals surface area contributed by atoms with Gasteiger partial charge in [0.25, 0.3) is 0 Å². The first kappa shape index (κ1) is 19.6. The molecule has 0 spiro atoms. The normalized spacial score (nSPS) is 10.7. The number of amides is 1. The highest BCUT2D eigenvalue weighted by atomic mass is 16.5. The number of hydrogen-bond acceptors (Lipinski definition) is 4. The number of rotatable bonds is 8. The second-order valence-electron chi connectivity index (χ2n) is 6.45. The molecule has 6 heteroatoms. The Hall–Kier alpha value is -3.15. The third-order valence-corrected chi connectivity index (χ3v) is 4.85. The van der Waals surface area contributed by atoms with Crippen LogP contribution in [-0.4, -0.2) is 43.7 Å². The van der Waals surface area contributed by atoms with Crippen LogP contribution in [0.4, 0.5) is 0 Å². The quantitative estimate of drug-likeness (QED) is 0.644. The fourth-order valence-electron chi connectivity index (χ4n) is 3.42. The number of carbonyl (C=O) groups is 1. The van der Waals surface area contributed by atoms with Gasteiger partial charge in [0, 0.05) is 30.7 Å². The van der Waals surface area contributed by atoms with Crippen LogP contribution in [0.15, 0.2) is 42.6 Å². The zero-order chi connectivity index (χ0) is 20.1. The summed E-state index contributed by atoms with van der Waals surface area (Å²) in [6.45, 7) is 3.22. The van der Waals surface area contributed by atoms with E-state index < -0.39 is 0 Å². The standard InChI is InChI=1S/C22H26N2O4/c1-5-24(14-15-9-7-6-8-10-15)19(25)11-16-13-23-17-12-18(26-2)21(27-3)22(28-4)20(16)17/h6-10,12-13,23H,5,11,14H2,1-4H3. The van der Waals surface area contributed by atoms with Crippen molar-refractivity contribution < 1.29 is 19.0 Å². The summed E-state index contributed by atoms with van der Waals surface area (Å²) in [6.07, 6.45) is 2.12. The van der Waals surface area contributed by atoms with Crippen molar-refractivity contribution in [2.75, 3.05) is 27.9 Å². The van der Waals surface area contributed by atoms with E-state index in [0.717, 1.165) is 22.0 Å². The van der Waals surface area contributed by atoms with Gasteiger partial charge in [0.1, 0.15) is 0 Å². The minimum atomic E-state index is 0.0593. The first-order valence-corrected chi connectivity index (χ1v) is 9.23. The molecule has 1 aromatic heterocycles. The fourth-order valence-corrected chi connectivity index (χ4v) is 3.42. The molecule has 0 saturated carbocycles. The summed E-state index contributed by atoms with van der Waals surface area (Å²) in [7, 11) is 4.74. The number of H-pyrrole nitrogens is 1. The zero-order valence-electron chi connectivity index (χ0n) is 16.7. The van der Waals surface area contributed by atoms with Gasteiger partial charge >= 0.3 is 0 Å². The van der Waals surface area contributed by atoms with E-state index >= 15 is 0 Å². The number of nitrogens with one attached hydrogen (secondary N) is 1. The SMILES string of the molecule is CCN(Cc1ccccc1)C(=O)Cc1c[nH]c2cc(OC)c(OC)c(OC)c12. The molecule has 0 radical (unpaired) electrons. The van der Waals surface area contributed by atoms with E-state index in [9.17, 15) is 4.79 Å². The Morgan fingerprint density at radius 2 is 1.75 bits per heavy atom. The first-order chi connectivity index (χ1) is 13.6. The van der Waals surface area contributed by atoms with E-state index in [2.05, 4.69) is 4.98 Å². The lowest BCUT2D eigenvalue weighted by Gasteiger charge is -2.21. The van der Waals surface area contributed by atoms with Crippen LogP contribution in [0.25, 0.3) is 10.9 Å². The Kier molecular flexibility index (Phi) is 6.09. The molecule has 1 amide bonds. The van der Waals surface area contributed by atoms with Crippen LogP contribution >= 0.6 is 0 Å². The number of methoxy groups -OCH3 is 3. The van der Waals surface area contributed by atoms with E-state index in [-0.39, 0.29) is 12.3 Å². The summed E-state index contributed by atoms with van der Waals surface area (Å²) in [5.41, 5.74) is 2.81. The monoisotopic (exact) mass is 382 g/mol. The Bertz CT molecular complexity index is 950. The molecular formula is C22H26N2O4. The van der Waals surface area contributed by atoms with E-state index in [1.165, 1.54) is 0 Å². The van der Waals surface area contributed by atoms with Gasteiger partial charge in [-0.25, -0.2) is 0 Å². The maximum Gasteiger partial charge on any atom is 0.227 e. The van der Waals surface area contributed by atoms with Gasteiger partial charge in [-0.1, -0.05) is 30.3 Å². The van der Waals surface area contributed by atoms with Crippen LogP contribution in [0.5, 0.6) is 17.2 Å². The van der Waals surface area contributed by atoms with E-state index in [4.69, 9.17) is 14.2 Å². The molecule has 0 atom stereocenters. The number of aromatic amines is 1. The Morgan fingerprint density at radius 3 is 2.36 bits per heavy atom. The fraction of sp³-hybridized carbons (Fsp3) is 0.318. The molecule has 2 aromatic carbocycles. The topological polar surface area (TPSA) is 63.8 Å². The summed E-state index contributed by atoms with van der Waals surface area (Å²) in [4.78, 5) is 18.0. The van der Waals surface area contributed by atoms with Crippen molar-refractivity contribution in [2.45, 2.75) is 19.9 Å². The molecule has 0 aliphatic heterocycles. The summed E-state index contributed by atoms with van der Waals surface area (Å²) < 4.78 is 16.5. The van der Waals surface area contributed by atoms with Crippen molar-refractivity contribution in [1.82, 2.24) is 9.88 Å². The minimum Gasteiger partial charge on any atom is -0.493 e. The van der Waals surface area contributed by atoms with Crippen molar-refractivity contribution >= 4 is 16.8 Å². The Morgan fingerprint density at radius 1 is 1.04 bits per heavy atom. The van der Waals surface area contributed by atoms with Gasteiger partial charge in [-0.05, 0) is 18.1 Å². The van der Waals surface area contributed by atoms with Crippen LogP contribution < -0.4 is 14.2 Å². The number of nitrogens with zero attached hydrogens (tertiary/aromatic N) is 1. The van der Waals surface area contributed by atoms with Gasteiger partial charge in [0.05, 0.1) is 33.3 Å². The second kappa shape index (κ2) is 8.69. The highest BCUT2D eigenvalue weighted by Gasteiger charge is 2.22. The molecule has 3 rings (SSSR count). The van der Waals surface area contributed by atoms with Crippen molar-refractivity contribution in [2.24, 2.45) is 0 Å². The predicted octanol–water partition coefficient (Wildman–Crippen LogP) is 3.78. The Balaban J connectivity index is 1.92.